The van der Waals surface area contributed by atoms with Gasteiger partial charge in [0.25, 0.3) is 0 Å². The summed E-state index contributed by atoms with van der Waals surface area (Å²) in [6.07, 6.45) is 1.82. The number of anilines is 1. The van der Waals surface area contributed by atoms with E-state index in [9.17, 15) is 22.4 Å². The van der Waals surface area contributed by atoms with Crippen molar-refractivity contribution in [3.63, 3.8) is 0 Å². The Morgan fingerprint density at radius 3 is 2.27 bits per heavy atom. The van der Waals surface area contributed by atoms with E-state index in [0.29, 0.717) is 12.0 Å². The maximum Gasteiger partial charge on any atom is 0.244 e. The monoisotopic (exact) mass is 603 g/mol. The highest BCUT2D eigenvalue weighted by Gasteiger charge is 2.34. The van der Waals surface area contributed by atoms with Crippen LogP contribution in [-0.2, 0) is 32.6 Å². The van der Waals surface area contributed by atoms with Gasteiger partial charge in [0.1, 0.15) is 24.2 Å². The lowest BCUT2D eigenvalue weighted by Gasteiger charge is -2.34. The van der Waals surface area contributed by atoms with Gasteiger partial charge in [0.2, 0.25) is 21.8 Å². The summed E-state index contributed by atoms with van der Waals surface area (Å²) in [6.45, 7) is 3.11. The third-order valence-electron chi connectivity index (χ3n) is 6.63. The van der Waals surface area contributed by atoms with E-state index in [1.807, 2.05) is 44.2 Å². The van der Waals surface area contributed by atoms with Crippen molar-refractivity contribution in [1.82, 2.24) is 10.2 Å². The molecular formula is C30H35ClFN3O5S. The first-order valence-electron chi connectivity index (χ1n) is 13.1. The predicted molar refractivity (Wildman–Crippen MR) is 159 cm³/mol. The van der Waals surface area contributed by atoms with Gasteiger partial charge >= 0.3 is 0 Å². The van der Waals surface area contributed by atoms with E-state index >= 15 is 0 Å². The van der Waals surface area contributed by atoms with E-state index in [1.165, 1.54) is 48.4 Å². The lowest BCUT2D eigenvalue weighted by Crippen LogP contribution is -2.54. The molecule has 0 aliphatic heterocycles. The van der Waals surface area contributed by atoms with Crippen molar-refractivity contribution >= 4 is 39.1 Å². The van der Waals surface area contributed by atoms with Crippen molar-refractivity contribution < 1.29 is 27.1 Å². The number of amides is 2. The number of rotatable bonds is 13. The third kappa shape index (κ3) is 8.93. The van der Waals surface area contributed by atoms with Crippen molar-refractivity contribution in [2.45, 2.75) is 45.3 Å². The van der Waals surface area contributed by atoms with Gasteiger partial charge in [0.05, 0.1) is 19.1 Å². The van der Waals surface area contributed by atoms with E-state index in [2.05, 4.69) is 5.32 Å². The van der Waals surface area contributed by atoms with Gasteiger partial charge in [-0.25, -0.2) is 12.8 Å². The zero-order valence-corrected chi connectivity index (χ0v) is 25.1. The number of halogens is 2. The molecule has 1 N–H and O–H groups in total. The summed E-state index contributed by atoms with van der Waals surface area (Å²) in [6, 6.07) is 18.1. The number of nitrogens with one attached hydrogen (secondary N) is 1. The summed E-state index contributed by atoms with van der Waals surface area (Å²) >= 11 is 6.18. The molecule has 2 atom stereocenters. The third-order valence-corrected chi connectivity index (χ3v) is 7.99. The van der Waals surface area contributed by atoms with Gasteiger partial charge in [0, 0.05) is 24.0 Å². The fourth-order valence-electron chi connectivity index (χ4n) is 4.23. The van der Waals surface area contributed by atoms with Crippen LogP contribution in [0.2, 0.25) is 5.02 Å². The van der Waals surface area contributed by atoms with E-state index in [-0.39, 0.29) is 41.4 Å². The molecule has 0 unspecified atom stereocenters. The van der Waals surface area contributed by atoms with Crippen LogP contribution in [0.25, 0.3) is 0 Å². The molecule has 220 valence electrons. The molecule has 0 bridgehead atoms. The van der Waals surface area contributed by atoms with E-state index < -0.39 is 34.3 Å². The zero-order valence-electron chi connectivity index (χ0n) is 23.5. The van der Waals surface area contributed by atoms with Gasteiger partial charge in [-0.05, 0) is 54.8 Å². The smallest absolute Gasteiger partial charge is 0.244 e. The number of ether oxygens (including phenoxy) is 1. The van der Waals surface area contributed by atoms with Gasteiger partial charge in [-0.3, -0.25) is 13.9 Å². The topological polar surface area (TPSA) is 96.0 Å². The fraction of sp³-hybridized carbons (Fsp3) is 0.333. The first-order valence-corrected chi connectivity index (χ1v) is 15.3. The van der Waals surface area contributed by atoms with Crippen LogP contribution in [0.3, 0.4) is 0 Å². The standard InChI is InChI=1S/C30H35ClFN3O5S/c1-5-21(2)33-30(37)27(17-22-9-7-6-8-10-22)34(19-23-11-14-25(32)15-12-23)29(36)20-35(41(4,38)39)26-18-24(31)13-16-28(26)40-3/h6-16,18,21,27H,5,17,19-20H2,1-4H3,(H,33,37)/t21-,27+/m0/s1. The summed E-state index contributed by atoms with van der Waals surface area (Å²) < 4.78 is 45.9. The van der Waals surface area contributed by atoms with Gasteiger partial charge in [-0.2, -0.15) is 0 Å². The highest BCUT2D eigenvalue weighted by atomic mass is 35.5. The Bertz CT molecular complexity index is 1440. The average Bonchev–Trinajstić information content (AvgIpc) is 2.94. The summed E-state index contributed by atoms with van der Waals surface area (Å²) in [4.78, 5) is 29.1. The first-order chi connectivity index (χ1) is 19.4. The van der Waals surface area contributed by atoms with E-state index in [1.54, 1.807) is 6.07 Å². The molecule has 0 aliphatic rings. The minimum Gasteiger partial charge on any atom is -0.495 e. The number of benzene rings is 3. The van der Waals surface area contributed by atoms with E-state index in [0.717, 1.165) is 16.1 Å². The number of carbonyl (C=O) groups is 2. The maximum atomic E-state index is 14.1. The van der Waals surface area contributed by atoms with Gasteiger partial charge in [-0.1, -0.05) is 61.0 Å². The molecule has 3 aromatic rings. The van der Waals surface area contributed by atoms with Crippen LogP contribution in [0.4, 0.5) is 10.1 Å². The molecule has 8 nitrogen and oxygen atoms in total. The molecule has 11 heteroatoms. The van der Waals surface area contributed by atoms with Gasteiger partial charge < -0.3 is 15.0 Å². The number of sulfonamides is 1. The summed E-state index contributed by atoms with van der Waals surface area (Å²) in [5.74, 6) is -1.27. The zero-order chi connectivity index (χ0) is 30.2. The second-order valence-electron chi connectivity index (χ2n) is 9.76. The molecule has 0 aliphatic carbocycles. The molecule has 2 amide bonds. The number of carbonyl (C=O) groups excluding carboxylic acids is 2. The maximum absolute atomic E-state index is 14.1. The second kappa shape index (κ2) is 14.3. The Balaban J connectivity index is 2.10. The SMILES string of the molecule is CC[C@H](C)NC(=O)[C@@H](Cc1ccccc1)N(Cc1ccc(F)cc1)C(=O)CN(c1cc(Cl)ccc1OC)S(C)(=O)=O. The van der Waals surface area contributed by atoms with Gasteiger partial charge in [0.15, 0.2) is 0 Å². The molecule has 3 aromatic carbocycles. The molecule has 0 radical (unpaired) electrons. The molecule has 0 aromatic heterocycles. The fourth-order valence-corrected chi connectivity index (χ4v) is 5.25. The van der Waals surface area contributed by atoms with E-state index in [4.69, 9.17) is 16.3 Å². The summed E-state index contributed by atoms with van der Waals surface area (Å²) in [5.41, 5.74) is 1.46. The van der Waals surface area contributed by atoms with Crippen molar-refractivity contribution in [2.75, 3.05) is 24.2 Å². The Labute approximate surface area is 246 Å². The Hall–Kier alpha value is -3.63. The van der Waals surface area contributed by atoms with Crippen molar-refractivity contribution in [3.05, 3.63) is 94.8 Å². The van der Waals surface area contributed by atoms with Crippen LogP contribution in [0.1, 0.15) is 31.4 Å². The van der Waals surface area contributed by atoms with Gasteiger partial charge in [-0.15, -0.1) is 0 Å². The predicted octanol–water partition coefficient (Wildman–Crippen LogP) is 4.81. The molecule has 0 saturated carbocycles. The van der Waals surface area contributed by atoms with Crippen LogP contribution in [0, 0.1) is 5.82 Å². The largest absolute Gasteiger partial charge is 0.495 e. The van der Waals surface area contributed by atoms with Crippen LogP contribution < -0.4 is 14.4 Å². The summed E-state index contributed by atoms with van der Waals surface area (Å²) in [5, 5.41) is 3.21. The Kier molecular flexibility index (Phi) is 11.1. The molecule has 0 saturated heterocycles. The quantitative estimate of drug-likeness (QED) is 0.303. The van der Waals surface area contributed by atoms with Crippen molar-refractivity contribution in [2.24, 2.45) is 0 Å². The highest BCUT2D eigenvalue weighted by Crippen LogP contribution is 2.33. The number of hydrogen-bond donors (Lipinski definition) is 1. The Morgan fingerprint density at radius 2 is 1.68 bits per heavy atom. The number of hydrogen-bond acceptors (Lipinski definition) is 5. The minimum atomic E-state index is -4.01. The molecule has 3 rings (SSSR count). The number of methoxy groups -OCH3 is 1. The molecule has 41 heavy (non-hydrogen) atoms. The second-order valence-corrected chi connectivity index (χ2v) is 12.1. The average molecular weight is 604 g/mol. The highest BCUT2D eigenvalue weighted by molar-refractivity contribution is 7.92. The van der Waals surface area contributed by atoms with Crippen LogP contribution in [0.15, 0.2) is 72.8 Å². The summed E-state index contributed by atoms with van der Waals surface area (Å²) in [7, 11) is -2.63. The molecule has 0 spiro atoms. The van der Waals surface area contributed by atoms with Crippen molar-refractivity contribution in [1.29, 1.82) is 0 Å². The normalized spacial score (nSPS) is 12.7. The lowest BCUT2D eigenvalue weighted by molar-refractivity contribution is -0.140. The molecule has 0 fully saturated rings. The first kappa shape index (κ1) is 31.9. The van der Waals surface area contributed by atoms with Crippen molar-refractivity contribution in [3.8, 4) is 5.75 Å². The van der Waals surface area contributed by atoms with Crippen LogP contribution in [0.5, 0.6) is 5.75 Å². The molecule has 0 heterocycles. The van der Waals surface area contributed by atoms with Crippen LogP contribution >= 0.6 is 11.6 Å². The Morgan fingerprint density at radius 1 is 1.02 bits per heavy atom. The molecular weight excluding hydrogens is 569 g/mol. The number of nitrogens with zero attached hydrogens (tertiary/aromatic N) is 2. The van der Waals surface area contributed by atoms with Crippen LogP contribution in [-0.4, -0.2) is 57.1 Å². The minimum absolute atomic E-state index is 0.0607. The lowest BCUT2D eigenvalue weighted by atomic mass is 10.0.